The van der Waals surface area contributed by atoms with E-state index in [9.17, 15) is 47.9 Å². The maximum atomic E-state index is 13.0. The van der Waals surface area contributed by atoms with Gasteiger partial charge in [-0.05, 0) is 6.42 Å². The molecule has 68 heavy (non-hydrogen) atoms. The van der Waals surface area contributed by atoms with Crippen LogP contribution in [0.5, 0.6) is 0 Å². The van der Waals surface area contributed by atoms with Crippen LogP contribution in [0.25, 0.3) is 0 Å². The molecule has 0 unspecified atom stereocenters. The van der Waals surface area contributed by atoms with Crippen molar-refractivity contribution in [3.8, 4) is 0 Å². The van der Waals surface area contributed by atoms with Crippen LogP contribution < -0.4 is 0 Å². The van der Waals surface area contributed by atoms with E-state index in [1.807, 2.05) is 0 Å². The van der Waals surface area contributed by atoms with Crippen LogP contribution in [0.1, 0.15) is 75.7 Å². The quantitative estimate of drug-likeness (QED) is 0.0621. The first-order valence-electron chi connectivity index (χ1n) is 21.0. The summed E-state index contributed by atoms with van der Waals surface area (Å²) in [7, 11) is 0. The van der Waals surface area contributed by atoms with Gasteiger partial charge in [-0.25, -0.2) is 0 Å². The number of esters is 10. The Labute approximate surface area is 394 Å². The fourth-order valence-electron chi connectivity index (χ4n) is 7.14. The van der Waals surface area contributed by atoms with E-state index in [0.29, 0.717) is 0 Å². The number of carbonyl (C=O) groups is 10. The van der Waals surface area contributed by atoms with Gasteiger partial charge in [0, 0.05) is 75.1 Å². The van der Waals surface area contributed by atoms with Crippen LogP contribution in [-0.4, -0.2) is 184 Å². The molecule has 0 radical (unpaired) electrons. The average molecular weight is 1000 g/mol. The normalized spacial score (nSPS) is 31.1. The van der Waals surface area contributed by atoms with Crippen LogP contribution in [0.2, 0.25) is 0 Å². The molecule has 0 bridgehead atoms. The highest BCUT2D eigenvalue weighted by Crippen LogP contribution is 2.38. The number of halogens is 1. The Morgan fingerprint density at radius 3 is 0.926 bits per heavy atom. The maximum absolute atomic E-state index is 13.0. The number of hydrogen-bond acceptors (Lipinski definition) is 26. The van der Waals surface area contributed by atoms with Crippen LogP contribution in [0.15, 0.2) is 0 Å². The third-order valence-corrected chi connectivity index (χ3v) is 9.65. The zero-order valence-electron chi connectivity index (χ0n) is 38.9. The van der Waals surface area contributed by atoms with Crippen LogP contribution in [0.3, 0.4) is 0 Å². The van der Waals surface area contributed by atoms with E-state index in [-0.39, 0.29) is 18.9 Å². The van der Waals surface area contributed by atoms with Gasteiger partial charge in [-0.3, -0.25) is 47.9 Å². The van der Waals surface area contributed by atoms with Gasteiger partial charge in [-0.2, -0.15) is 0 Å². The van der Waals surface area contributed by atoms with Crippen molar-refractivity contribution >= 4 is 71.3 Å². The van der Waals surface area contributed by atoms with Gasteiger partial charge in [0.05, 0.1) is 6.61 Å². The van der Waals surface area contributed by atoms with E-state index < -0.39 is 172 Å². The Balaban J connectivity index is 2.40. The molecule has 3 saturated heterocycles. The summed E-state index contributed by atoms with van der Waals surface area (Å²) in [6.45, 7) is 7.92. The van der Waals surface area contributed by atoms with Gasteiger partial charge in [0.25, 0.3) is 0 Å². The SMILES string of the molecule is CC(=O)OC[C@H]1O[C@H](O[C@@H]2[C@@H](O[C@@H]3[C@@H](OCCCCl)O[C@H](COC(C)=O)[C@@H](OC(C)=O)[C@@H]3OC(C)=O)O[C@H](COC(C)=O)[C@@H](OC(C)=O)[C@@H]2OC(C)=O)[C@@H](OC(C)=O)[C@@H](OC(C)=O)[C@@H]1OC(C)=O. The molecule has 26 nitrogen and oxygen atoms in total. The van der Waals surface area contributed by atoms with Crippen molar-refractivity contribution in [2.75, 3.05) is 32.3 Å². The summed E-state index contributed by atoms with van der Waals surface area (Å²) >= 11 is 5.94. The van der Waals surface area contributed by atoms with Crippen molar-refractivity contribution in [2.24, 2.45) is 0 Å². The van der Waals surface area contributed by atoms with Gasteiger partial charge in [0.1, 0.15) is 38.1 Å². The smallest absolute Gasteiger partial charge is 0.303 e. The molecule has 3 rings (SSSR count). The minimum atomic E-state index is -2.08. The Hall–Kier alpha value is -5.25. The second-order valence-electron chi connectivity index (χ2n) is 15.2. The number of hydrogen-bond donors (Lipinski definition) is 0. The second kappa shape index (κ2) is 27.1. The van der Waals surface area contributed by atoms with Crippen LogP contribution in [0.4, 0.5) is 0 Å². The summed E-state index contributed by atoms with van der Waals surface area (Å²) in [5.41, 5.74) is 0. The van der Waals surface area contributed by atoms with E-state index in [1.54, 1.807) is 0 Å². The molecule has 0 amide bonds. The lowest BCUT2D eigenvalue weighted by Gasteiger charge is -2.50. The summed E-state index contributed by atoms with van der Waals surface area (Å²) in [5.74, 6) is -9.28. The van der Waals surface area contributed by atoms with E-state index in [1.165, 1.54) is 0 Å². The molecule has 3 fully saturated rings. The lowest BCUT2D eigenvalue weighted by atomic mass is 9.95. The minimum absolute atomic E-state index is 0.0790. The molecule has 0 spiro atoms. The Morgan fingerprint density at radius 1 is 0.353 bits per heavy atom. The zero-order chi connectivity index (χ0) is 51.0. The Bertz CT molecular complexity index is 1810. The van der Waals surface area contributed by atoms with Gasteiger partial charge >= 0.3 is 59.7 Å². The van der Waals surface area contributed by atoms with Gasteiger partial charge in [0.15, 0.2) is 73.8 Å². The molecule has 15 atom stereocenters. The Kier molecular flexibility index (Phi) is 22.7. The zero-order valence-corrected chi connectivity index (χ0v) is 39.7. The molecule has 0 saturated carbocycles. The van der Waals surface area contributed by atoms with E-state index >= 15 is 0 Å². The Morgan fingerprint density at radius 2 is 0.618 bits per heavy atom. The summed E-state index contributed by atoms with van der Waals surface area (Å²) in [4.78, 5) is 125. The van der Waals surface area contributed by atoms with Gasteiger partial charge in [-0.15, -0.1) is 11.6 Å². The number of ether oxygens (including phenoxy) is 16. The first-order chi connectivity index (χ1) is 31.9. The molecule has 27 heteroatoms. The lowest BCUT2D eigenvalue weighted by molar-refractivity contribution is -0.393. The summed E-state index contributed by atoms with van der Waals surface area (Å²) in [6, 6.07) is 0. The largest absolute Gasteiger partial charge is 0.463 e. The summed E-state index contributed by atoms with van der Waals surface area (Å²) < 4.78 is 92.4. The fraction of sp³-hybridized carbons (Fsp3) is 0.756. The highest BCUT2D eigenvalue weighted by Gasteiger charge is 2.60. The molecular formula is C41H57ClO26. The van der Waals surface area contributed by atoms with Gasteiger partial charge in [0.2, 0.25) is 0 Å². The van der Waals surface area contributed by atoms with Gasteiger partial charge in [-0.1, -0.05) is 0 Å². The standard InChI is InChI=1S/C41H57ClO26/c1-17(43)54-14-27-30(57-20(4)46)33(60-23(7)49)36(39(64-27)53-13-11-12-42)67-41-38(35(62-25(9)51)32(59-22(6)48)29(66-41)16-56-19(3)45)68-40-37(63-26(10)52)34(61-24(8)50)31(58-21(5)47)28(65-40)15-55-18(2)44/h27-41H,11-16H2,1-10H3/t27-,28-,29-,30-,31-,32-,33+,34+,35+,36+,37+,38+,39+,40-,41-/m1/s1. The fourth-order valence-corrected chi connectivity index (χ4v) is 7.25. The molecule has 384 valence electrons. The molecule has 0 aromatic heterocycles. The van der Waals surface area contributed by atoms with Gasteiger partial charge < -0.3 is 75.8 Å². The van der Waals surface area contributed by atoms with Crippen molar-refractivity contribution in [2.45, 2.75) is 168 Å². The molecule has 0 aromatic carbocycles. The van der Waals surface area contributed by atoms with Crippen molar-refractivity contribution < 1.29 is 124 Å². The summed E-state index contributed by atoms with van der Waals surface area (Å²) in [5, 5.41) is 0. The van der Waals surface area contributed by atoms with E-state index in [2.05, 4.69) is 0 Å². The molecular weight excluding hydrogens is 944 g/mol. The predicted octanol–water partition coefficient (Wildman–Crippen LogP) is -0.212. The first-order valence-corrected chi connectivity index (χ1v) is 21.5. The molecule has 0 aromatic rings. The monoisotopic (exact) mass is 1000 g/mol. The average Bonchev–Trinajstić information content (AvgIpc) is 3.20. The predicted molar refractivity (Wildman–Crippen MR) is 216 cm³/mol. The van der Waals surface area contributed by atoms with Crippen molar-refractivity contribution in [1.82, 2.24) is 0 Å². The topological polar surface area (TPSA) is 318 Å². The van der Waals surface area contributed by atoms with E-state index in [4.69, 9.17) is 87.4 Å². The van der Waals surface area contributed by atoms with Crippen molar-refractivity contribution in [3.05, 3.63) is 0 Å². The first kappa shape index (κ1) is 57.1. The molecule has 0 aliphatic carbocycles. The van der Waals surface area contributed by atoms with Crippen LogP contribution in [0, 0.1) is 0 Å². The number of alkyl halides is 1. The number of carbonyl (C=O) groups excluding carboxylic acids is 10. The summed E-state index contributed by atoms with van der Waals surface area (Å²) in [6.07, 6.45) is -26.4. The maximum Gasteiger partial charge on any atom is 0.303 e. The molecule has 3 aliphatic rings. The minimum Gasteiger partial charge on any atom is -0.463 e. The van der Waals surface area contributed by atoms with Crippen molar-refractivity contribution in [1.29, 1.82) is 0 Å². The third-order valence-electron chi connectivity index (χ3n) is 9.38. The molecule has 0 N–H and O–H groups in total. The highest BCUT2D eigenvalue weighted by molar-refractivity contribution is 6.17. The third kappa shape index (κ3) is 17.7. The number of rotatable bonds is 21. The second-order valence-corrected chi connectivity index (χ2v) is 15.5. The molecule has 3 aliphatic heterocycles. The van der Waals surface area contributed by atoms with Crippen molar-refractivity contribution in [3.63, 3.8) is 0 Å². The highest BCUT2D eigenvalue weighted by atomic mass is 35.5. The van der Waals surface area contributed by atoms with Crippen LogP contribution in [-0.2, 0) is 124 Å². The van der Waals surface area contributed by atoms with Crippen LogP contribution >= 0.6 is 11.6 Å². The van der Waals surface area contributed by atoms with E-state index in [0.717, 1.165) is 69.2 Å². The molecule has 3 heterocycles. The lowest BCUT2D eigenvalue weighted by Crippen LogP contribution is -2.69.